The normalized spacial score (nSPS) is 22.3. The molecule has 1 aliphatic rings. The standard InChI is InChI=1S/C12H15FN2O3/c1-14-7-8-2-11(3-8)18-12-5-9(13)4-10(6-12)15(16)17/h4-6,8,11,14H,2-3,7H2,1H3. The summed E-state index contributed by atoms with van der Waals surface area (Å²) in [4.78, 5) is 9.96. The summed E-state index contributed by atoms with van der Waals surface area (Å²) >= 11 is 0. The zero-order valence-corrected chi connectivity index (χ0v) is 10.1. The minimum absolute atomic E-state index is 0.0322. The third kappa shape index (κ3) is 2.95. The lowest BCUT2D eigenvalue weighted by molar-refractivity contribution is -0.385. The lowest BCUT2D eigenvalue weighted by Gasteiger charge is -2.35. The van der Waals surface area contributed by atoms with E-state index in [4.69, 9.17) is 4.74 Å². The van der Waals surface area contributed by atoms with Crippen LogP contribution >= 0.6 is 0 Å². The predicted molar refractivity (Wildman–Crippen MR) is 64.1 cm³/mol. The van der Waals surface area contributed by atoms with Gasteiger partial charge < -0.3 is 10.1 Å². The van der Waals surface area contributed by atoms with E-state index in [1.54, 1.807) is 0 Å². The predicted octanol–water partition coefficient (Wildman–Crippen LogP) is 2.11. The molecule has 0 unspecified atom stereocenters. The molecule has 0 aliphatic heterocycles. The fraction of sp³-hybridized carbons (Fsp3) is 0.500. The Balaban J connectivity index is 1.96. The van der Waals surface area contributed by atoms with E-state index in [1.165, 1.54) is 12.1 Å². The van der Waals surface area contributed by atoms with Gasteiger partial charge in [-0.2, -0.15) is 0 Å². The van der Waals surface area contributed by atoms with Crippen molar-refractivity contribution in [2.24, 2.45) is 5.92 Å². The summed E-state index contributed by atoms with van der Waals surface area (Å²) < 4.78 is 18.7. The highest BCUT2D eigenvalue weighted by Gasteiger charge is 2.30. The van der Waals surface area contributed by atoms with Crippen molar-refractivity contribution in [2.45, 2.75) is 18.9 Å². The molecule has 0 spiro atoms. The van der Waals surface area contributed by atoms with E-state index in [0.717, 1.165) is 25.5 Å². The number of rotatable bonds is 5. The average Bonchev–Trinajstić information content (AvgIpc) is 2.25. The van der Waals surface area contributed by atoms with Crippen molar-refractivity contribution in [1.29, 1.82) is 0 Å². The number of halogens is 1. The van der Waals surface area contributed by atoms with Crippen LogP contribution in [0, 0.1) is 21.8 Å². The Hall–Kier alpha value is -1.69. The molecule has 6 heteroatoms. The number of non-ortho nitro benzene ring substituents is 1. The summed E-state index contributed by atoms with van der Waals surface area (Å²) in [6, 6.07) is 3.32. The largest absolute Gasteiger partial charge is 0.490 e. The fourth-order valence-electron chi connectivity index (χ4n) is 2.14. The van der Waals surface area contributed by atoms with Crippen LogP contribution in [0.4, 0.5) is 10.1 Å². The molecular formula is C12H15FN2O3. The maximum absolute atomic E-state index is 13.2. The van der Waals surface area contributed by atoms with Crippen molar-refractivity contribution in [1.82, 2.24) is 5.32 Å². The van der Waals surface area contributed by atoms with Crippen LogP contribution < -0.4 is 10.1 Å². The van der Waals surface area contributed by atoms with Crippen LogP contribution in [0.5, 0.6) is 5.75 Å². The van der Waals surface area contributed by atoms with Crippen molar-refractivity contribution in [3.63, 3.8) is 0 Å². The Morgan fingerprint density at radius 2 is 2.22 bits per heavy atom. The molecule has 18 heavy (non-hydrogen) atoms. The van der Waals surface area contributed by atoms with Crippen LogP contribution in [0.25, 0.3) is 0 Å². The van der Waals surface area contributed by atoms with Crippen molar-refractivity contribution in [3.05, 3.63) is 34.1 Å². The molecule has 1 N–H and O–H groups in total. The van der Waals surface area contributed by atoms with Gasteiger partial charge in [-0.05, 0) is 32.4 Å². The third-order valence-electron chi connectivity index (χ3n) is 3.05. The molecular weight excluding hydrogens is 239 g/mol. The number of hydrogen-bond acceptors (Lipinski definition) is 4. The van der Waals surface area contributed by atoms with E-state index in [1.807, 2.05) is 7.05 Å². The molecule has 0 aromatic heterocycles. The number of nitrogens with one attached hydrogen (secondary N) is 1. The number of benzene rings is 1. The van der Waals surface area contributed by atoms with Crippen LogP contribution in [0.15, 0.2) is 18.2 Å². The van der Waals surface area contributed by atoms with E-state index in [-0.39, 0.29) is 17.5 Å². The SMILES string of the molecule is CNCC1CC(Oc2cc(F)cc([N+](=O)[O-])c2)C1. The summed E-state index contributed by atoms with van der Waals surface area (Å²) in [5.74, 6) is 0.156. The summed E-state index contributed by atoms with van der Waals surface area (Å²) in [6.07, 6.45) is 1.82. The highest BCUT2D eigenvalue weighted by molar-refractivity contribution is 5.39. The zero-order chi connectivity index (χ0) is 13.1. The van der Waals surface area contributed by atoms with Crippen LogP contribution in [0.1, 0.15) is 12.8 Å². The summed E-state index contributed by atoms with van der Waals surface area (Å²) in [5.41, 5.74) is -0.281. The quantitative estimate of drug-likeness (QED) is 0.645. The molecule has 1 saturated carbocycles. The van der Waals surface area contributed by atoms with Crippen molar-refractivity contribution in [3.8, 4) is 5.75 Å². The van der Waals surface area contributed by atoms with Gasteiger partial charge in [0.25, 0.3) is 5.69 Å². The van der Waals surface area contributed by atoms with E-state index >= 15 is 0 Å². The van der Waals surface area contributed by atoms with Gasteiger partial charge in [0.2, 0.25) is 0 Å². The lowest BCUT2D eigenvalue weighted by Crippen LogP contribution is -2.38. The molecule has 0 heterocycles. The van der Waals surface area contributed by atoms with Crippen LogP contribution in [0.2, 0.25) is 0 Å². The molecule has 0 saturated heterocycles. The topological polar surface area (TPSA) is 64.4 Å². The molecule has 0 atom stereocenters. The highest BCUT2D eigenvalue weighted by Crippen LogP contribution is 2.32. The van der Waals surface area contributed by atoms with Gasteiger partial charge >= 0.3 is 0 Å². The molecule has 1 aromatic rings. The van der Waals surface area contributed by atoms with Crippen LogP contribution in [-0.4, -0.2) is 24.6 Å². The second kappa shape index (κ2) is 5.30. The molecule has 1 aromatic carbocycles. The minimum Gasteiger partial charge on any atom is -0.490 e. The van der Waals surface area contributed by atoms with E-state index in [9.17, 15) is 14.5 Å². The molecule has 0 radical (unpaired) electrons. The van der Waals surface area contributed by atoms with Gasteiger partial charge in [-0.1, -0.05) is 0 Å². The van der Waals surface area contributed by atoms with Gasteiger partial charge in [0.1, 0.15) is 11.6 Å². The summed E-state index contributed by atoms with van der Waals surface area (Å²) in [6.45, 7) is 0.934. The first kappa shape index (κ1) is 12.8. The number of nitro benzene ring substituents is 1. The average molecular weight is 254 g/mol. The Labute approximate surface area is 104 Å². The summed E-state index contributed by atoms with van der Waals surface area (Å²) in [7, 11) is 1.89. The molecule has 0 bridgehead atoms. The molecule has 2 rings (SSSR count). The summed E-state index contributed by atoms with van der Waals surface area (Å²) in [5, 5.41) is 13.7. The maximum Gasteiger partial charge on any atom is 0.276 e. The Morgan fingerprint density at radius 1 is 1.50 bits per heavy atom. The van der Waals surface area contributed by atoms with Gasteiger partial charge in [0.05, 0.1) is 23.2 Å². The van der Waals surface area contributed by atoms with E-state index < -0.39 is 10.7 Å². The van der Waals surface area contributed by atoms with Crippen LogP contribution in [-0.2, 0) is 0 Å². The molecule has 1 aliphatic carbocycles. The van der Waals surface area contributed by atoms with E-state index in [0.29, 0.717) is 5.92 Å². The number of ether oxygens (including phenoxy) is 1. The van der Waals surface area contributed by atoms with E-state index in [2.05, 4.69) is 5.32 Å². The zero-order valence-electron chi connectivity index (χ0n) is 10.1. The molecule has 0 amide bonds. The van der Waals surface area contributed by atoms with Gasteiger partial charge in [0, 0.05) is 6.07 Å². The fourth-order valence-corrected chi connectivity index (χ4v) is 2.14. The Kier molecular flexibility index (Phi) is 3.76. The molecule has 1 fully saturated rings. The minimum atomic E-state index is -0.648. The van der Waals surface area contributed by atoms with Gasteiger partial charge in [-0.25, -0.2) is 4.39 Å². The first-order chi connectivity index (χ1) is 8.58. The number of hydrogen-bond donors (Lipinski definition) is 1. The van der Waals surface area contributed by atoms with Gasteiger partial charge in [-0.15, -0.1) is 0 Å². The molecule has 98 valence electrons. The second-order valence-electron chi connectivity index (χ2n) is 4.54. The van der Waals surface area contributed by atoms with Crippen molar-refractivity contribution in [2.75, 3.05) is 13.6 Å². The Morgan fingerprint density at radius 3 is 2.83 bits per heavy atom. The smallest absolute Gasteiger partial charge is 0.276 e. The first-order valence-corrected chi connectivity index (χ1v) is 5.84. The van der Waals surface area contributed by atoms with Crippen LogP contribution in [0.3, 0.4) is 0 Å². The highest BCUT2D eigenvalue weighted by atomic mass is 19.1. The van der Waals surface area contributed by atoms with Crippen molar-refractivity contribution < 1.29 is 14.1 Å². The second-order valence-corrected chi connectivity index (χ2v) is 4.54. The maximum atomic E-state index is 13.2. The van der Waals surface area contributed by atoms with Gasteiger partial charge in [-0.3, -0.25) is 10.1 Å². The lowest BCUT2D eigenvalue weighted by atomic mass is 9.82. The third-order valence-corrected chi connectivity index (χ3v) is 3.05. The number of nitrogens with zero attached hydrogens (tertiary/aromatic N) is 1. The van der Waals surface area contributed by atoms with Gasteiger partial charge in [0.15, 0.2) is 0 Å². The van der Waals surface area contributed by atoms with Crippen molar-refractivity contribution >= 4 is 5.69 Å². The monoisotopic (exact) mass is 254 g/mol. The first-order valence-electron chi connectivity index (χ1n) is 5.84. The Bertz CT molecular complexity index is 447. The molecule has 5 nitrogen and oxygen atoms in total. The number of nitro groups is 1.